The molecule has 16 heavy (non-hydrogen) atoms. The van der Waals surface area contributed by atoms with Crippen LogP contribution in [0.25, 0.3) is 0 Å². The summed E-state index contributed by atoms with van der Waals surface area (Å²) in [5.74, 6) is -0.116. The van der Waals surface area contributed by atoms with Gasteiger partial charge in [0.2, 0.25) is 0 Å². The Labute approximate surface area is 99.0 Å². The molecule has 2 rings (SSSR count). The van der Waals surface area contributed by atoms with Gasteiger partial charge in [-0.15, -0.1) is 11.3 Å². The Balaban J connectivity index is 1.96. The summed E-state index contributed by atoms with van der Waals surface area (Å²) in [5, 5.41) is 3.51. The first kappa shape index (κ1) is 11.5. The van der Waals surface area contributed by atoms with Gasteiger partial charge in [0.15, 0.2) is 5.13 Å². The fourth-order valence-corrected chi connectivity index (χ4v) is 2.83. The van der Waals surface area contributed by atoms with Gasteiger partial charge in [0.05, 0.1) is 5.69 Å². The zero-order chi connectivity index (χ0) is 11.5. The van der Waals surface area contributed by atoms with Gasteiger partial charge in [-0.3, -0.25) is 10.1 Å². The van der Waals surface area contributed by atoms with Crippen molar-refractivity contribution >= 4 is 22.4 Å². The summed E-state index contributed by atoms with van der Waals surface area (Å²) in [6, 6.07) is 0. The van der Waals surface area contributed by atoms with E-state index in [9.17, 15) is 4.79 Å². The molecule has 1 amide bonds. The van der Waals surface area contributed by atoms with Gasteiger partial charge in [-0.1, -0.05) is 0 Å². The van der Waals surface area contributed by atoms with Crippen LogP contribution in [-0.4, -0.2) is 23.6 Å². The number of thiazole rings is 1. The van der Waals surface area contributed by atoms with Crippen LogP contribution in [0.4, 0.5) is 5.13 Å². The van der Waals surface area contributed by atoms with E-state index in [0.29, 0.717) is 11.7 Å². The van der Waals surface area contributed by atoms with E-state index in [1.807, 2.05) is 6.92 Å². The molecule has 0 spiro atoms. The van der Waals surface area contributed by atoms with Gasteiger partial charge in [0.25, 0.3) is 5.91 Å². The number of nitrogens with zero attached hydrogens (tertiary/aromatic N) is 1. The third-order valence-electron chi connectivity index (χ3n) is 2.61. The number of aryl methyl sites for hydroxylation is 2. The number of amides is 1. The lowest BCUT2D eigenvalue weighted by atomic mass is 10.4. The highest BCUT2D eigenvalue weighted by atomic mass is 32.1. The van der Waals surface area contributed by atoms with Gasteiger partial charge in [0, 0.05) is 11.5 Å². The van der Waals surface area contributed by atoms with Crippen LogP contribution in [0.5, 0.6) is 0 Å². The SMILES string of the molecule is CCOC(C)C(=O)Nc1nc2c(s1)CCC2. The van der Waals surface area contributed by atoms with Gasteiger partial charge in [0.1, 0.15) is 6.10 Å². The third-order valence-corrected chi connectivity index (χ3v) is 3.68. The predicted octanol–water partition coefficient (Wildman–Crippen LogP) is 2.00. The van der Waals surface area contributed by atoms with Crippen molar-refractivity contribution in [1.82, 2.24) is 4.98 Å². The first-order valence-electron chi connectivity index (χ1n) is 5.61. The molecule has 1 heterocycles. The van der Waals surface area contributed by atoms with Gasteiger partial charge < -0.3 is 4.74 Å². The molecule has 1 aromatic heterocycles. The molecule has 0 aliphatic heterocycles. The summed E-state index contributed by atoms with van der Waals surface area (Å²) in [7, 11) is 0. The van der Waals surface area contributed by atoms with Crippen LogP contribution in [0.2, 0.25) is 0 Å². The van der Waals surface area contributed by atoms with Crippen LogP contribution in [0, 0.1) is 0 Å². The first-order valence-corrected chi connectivity index (χ1v) is 6.43. The lowest BCUT2D eigenvalue weighted by Gasteiger charge is -2.09. The number of hydrogen-bond acceptors (Lipinski definition) is 4. The molecule has 0 fully saturated rings. The smallest absolute Gasteiger partial charge is 0.254 e. The lowest BCUT2D eigenvalue weighted by Crippen LogP contribution is -2.27. The van der Waals surface area contributed by atoms with Crippen molar-refractivity contribution in [3.05, 3.63) is 10.6 Å². The van der Waals surface area contributed by atoms with E-state index in [2.05, 4.69) is 10.3 Å². The topological polar surface area (TPSA) is 51.2 Å². The number of hydrogen-bond donors (Lipinski definition) is 1. The largest absolute Gasteiger partial charge is 0.369 e. The number of aromatic nitrogens is 1. The fourth-order valence-electron chi connectivity index (χ4n) is 1.78. The van der Waals surface area contributed by atoms with Crippen LogP contribution >= 0.6 is 11.3 Å². The average Bonchev–Trinajstić information content (AvgIpc) is 2.78. The van der Waals surface area contributed by atoms with Crippen molar-refractivity contribution in [3.63, 3.8) is 0 Å². The first-order chi connectivity index (χ1) is 7.70. The summed E-state index contributed by atoms with van der Waals surface area (Å²) < 4.78 is 5.22. The molecule has 88 valence electrons. The van der Waals surface area contributed by atoms with E-state index < -0.39 is 6.10 Å². The van der Waals surface area contributed by atoms with E-state index in [1.54, 1.807) is 18.3 Å². The Morgan fingerprint density at radius 3 is 3.12 bits per heavy atom. The monoisotopic (exact) mass is 240 g/mol. The minimum absolute atomic E-state index is 0.116. The Morgan fingerprint density at radius 2 is 2.44 bits per heavy atom. The lowest BCUT2D eigenvalue weighted by molar-refractivity contribution is -0.126. The molecular formula is C11H16N2O2S. The van der Waals surface area contributed by atoms with Crippen molar-refractivity contribution in [1.29, 1.82) is 0 Å². The van der Waals surface area contributed by atoms with E-state index in [0.717, 1.165) is 18.5 Å². The average molecular weight is 240 g/mol. The maximum absolute atomic E-state index is 11.7. The molecule has 1 aliphatic rings. The Hall–Kier alpha value is -0.940. The molecule has 0 aromatic carbocycles. The third kappa shape index (κ3) is 2.41. The molecule has 0 bridgehead atoms. The summed E-state index contributed by atoms with van der Waals surface area (Å²) in [6.07, 6.45) is 2.92. The van der Waals surface area contributed by atoms with Crippen molar-refractivity contribution in [3.8, 4) is 0 Å². The molecule has 0 radical (unpaired) electrons. The van der Waals surface area contributed by atoms with Crippen molar-refractivity contribution in [2.45, 2.75) is 39.2 Å². The van der Waals surface area contributed by atoms with Gasteiger partial charge >= 0.3 is 0 Å². The fraction of sp³-hybridized carbons (Fsp3) is 0.636. The maximum Gasteiger partial charge on any atom is 0.254 e. The molecule has 1 aliphatic carbocycles. The molecule has 4 nitrogen and oxygen atoms in total. The van der Waals surface area contributed by atoms with Crippen LogP contribution in [0.15, 0.2) is 0 Å². The number of nitrogens with one attached hydrogen (secondary N) is 1. The summed E-state index contributed by atoms with van der Waals surface area (Å²) >= 11 is 1.59. The molecule has 1 aromatic rings. The van der Waals surface area contributed by atoms with Crippen LogP contribution < -0.4 is 5.32 Å². The van der Waals surface area contributed by atoms with Crippen LogP contribution in [0.1, 0.15) is 30.8 Å². The number of rotatable bonds is 4. The quantitative estimate of drug-likeness (QED) is 0.875. The van der Waals surface area contributed by atoms with E-state index in [-0.39, 0.29) is 5.91 Å². The molecule has 1 N–H and O–H groups in total. The number of carbonyl (C=O) groups excluding carboxylic acids is 1. The van der Waals surface area contributed by atoms with Gasteiger partial charge in [-0.2, -0.15) is 0 Å². The second-order valence-corrected chi connectivity index (χ2v) is 4.91. The molecule has 1 unspecified atom stereocenters. The normalized spacial score (nSPS) is 15.9. The van der Waals surface area contributed by atoms with Crippen LogP contribution in [-0.2, 0) is 22.4 Å². The summed E-state index contributed by atoms with van der Waals surface area (Å²) in [6.45, 7) is 4.17. The minimum Gasteiger partial charge on any atom is -0.369 e. The second kappa shape index (κ2) is 4.93. The zero-order valence-electron chi connectivity index (χ0n) is 9.58. The number of ether oxygens (including phenoxy) is 1. The molecule has 0 saturated carbocycles. The minimum atomic E-state index is -0.413. The summed E-state index contributed by atoms with van der Waals surface area (Å²) in [4.78, 5) is 17.4. The highest BCUT2D eigenvalue weighted by Crippen LogP contribution is 2.30. The van der Waals surface area contributed by atoms with Gasteiger partial charge in [-0.05, 0) is 33.1 Å². The summed E-state index contributed by atoms with van der Waals surface area (Å²) in [5.41, 5.74) is 1.16. The molecule has 5 heteroatoms. The molecule has 1 atom stereocenters. The van der Waals surface area contributed by atoms with E-state index in [4.69, 9.17) is 4.74 Å². The second-order valence-electron chi connectivity index (χ2n) is 3.83. The number of carbonyl (C=O) groups is 1. The molecule has 0 saturated heterocycles. The van der Waals surface area contributed by atoms with Crippen molar-refractivity contribution in [2.75, 3.05) is 11.9 Å². The number of anilines is 1. The van der Waals surface area contributed by atoms with E-state index in [1.165, 1.54) is 11.3 Å². The van der Waals surface area contributed by atoms with E-state index >= 15 is 0 Å². The standard InChI is InChI=1S/C11H16N2O2S/c1-3-15-7(2)10(14)13-11-12-8-5-4-6-9(8)16-11/h7H,3-6H2,1-2H3,(H,12,13,14). The Morgan fingerprint density at radius 1 is 1.62 bits per heavy atom. The van der Waals surface area contributed by atoms with Crippen molar-refractivity contribution in [2.24, 2.45) is 0 Å². The Kier molecular flexibility index (Phi) is 3.56. The number of fused-ring (bicyclic) bond motifs is 1. The zero-order valence-corrected chi connectivity index (χ0v) is 10.4. The van der Waals surface area contributed by atoms with Crippen LogP contribution in [0.3, 0.4) is 0 Å². The molecular weight excluding hydrogens is 224 g/mol. The highest BCUT2D eigenvalue weighted by Gasteiger charge is 2.19. The highest BCUT2D eigenvalue weighted by molar-refractivity contribution is 7.15. The maximum atomic E-state index is 11.7. The predicted molar refractivity (Wildman–Crippen MR) is 63.9 cm³/mol. The van der Waals surface area contributed by atoms with Crippen molar-refractivity contribution < 1.29 is 9.53 Å². The Bertz CT molecular complexity index is 368. The van der Waals surface area contributed by atoms with Gasteiger partial charge in [-0.25, -0.2) is 4.98 Å².